The monoisotopic (exact) mass is 340 g/mol. The maximum Gasteiger partial charge on any atom is 0.140 e. The fraction of sp³-hybridized carbons (Fsp3) is 0.429. The van der Waals surface area contributed by atoms with E-state index in [1.165, 1.54) is 23.3 Å². The SMILES string of the molecule is Cc1cc(F)ccc1O[C@@H]1c2ccccc2C[C@H]1N1CCC[C@@H](N)C1. The van der Waals surface area contributed by atoms with Crippen LogP contribution in [-0.2, 0) is 6.42 Å². The quantitative estimate of drug-likeness (QED) is 0.928. The predicted molar refractivity (Wildman–Crippen MR) is 97.2 cm³/mol. The number of rotatable bonds is 3. The van der Waals surface area contributed by atoms with E-state index in [4.69, 9.17) is 10.5 Å². The number of fused-ring (bicyclic) bond motifs is 1. The van der Waals surface area contributed by atoms with E-state index in [0.717, 1.165) is 43.7 Å². The molecule has 1 aliphatic carbocycles. The molecule has 0 radical (unpaired) electrons. The van der Waals surface area contributed by atoms with Crippen molar-refractivity contribution in [3.05, 3.63) is 65.0 Å². The first-order chi connectivity index (χ1) is 12.1. The Hall–Kier alpha value is -1.91. The van der Waals surface area contributed by atoms with Crippen LogP contribution in [0.1, 0.15) is 35.6 Å². The van der Waals surface area contributed by atoms with Crippen LogP contribution in [-0.4, -0.2) is 30.1 Å². The third-order valence-electron chi connectivity index (χ3n) is 5.49. The molecule has 4 heteroatoms. The molecular weight excluding hydrogens is 315 g/mol. The van der Waals surface area contributed by atoms with E-state index in [1.807, 2.05) is 6.92 Å². The number of hydrogen-bond acceptors (Lipinski definition) is 3. The van der Waals surface area contributed by atoms with Crippen LogP contribution in [0.2, 0.25) is 0 Å². The molecule has 2 aromatic rings. The maximum atomic E-state index is 13.4. The third-order valence-corrected chi connectivity index (χ3v) is 5.49. The van der Waals surface area contributed by atoms with Gasteiger partial charge in [0.1, 0.15) is 17.7 Å². The van der Waals surface area contributed by atoms with E-state index >= 15 is 0 Å². The zero-order valence-electron chi connectivity index (χ0n) is 14.6. The van der Waals surface area contributed by atoms with Crippen molar-refractivity contribution < 1.29 is 9.13 Å². The molecule has 3 atom stereocenters. The summed E-state index contributed by atoms with van der Waals surface area (Å²) in [4.78, 5) is 2.48. The van der Waals surface area contributed by atoms with E-state index in [2.05, 4.69) is 29.2 Å². The predicted octanol–water partition coefficient (Wildman–Crippen LogP) is 3.60. The number of aryl methyl sites for hydroxylation is 1. The van der Waals surface area contributed by atoms with E-state index < -0.39 is 0 Å². The topological polar surface area (TPSA) is 38.5 Å². The summed E-state index contributed by atoms with van der Waals surface area (Å²) in [5, 5.41) is 0. The normalized spacial score (nSPS) is 26.4. The van der Waals surface area contributed by atoms with Gasteiger partial charge in [0.25, 0.3) is 0 Å². The summed E-state index contributed by atoms with van der Waals surface area (Å²) in [5.74, 6) is 0.532. The lowest BCUT2D eigenvalue weighted by atomic mass is 10.0. The lowest BCUT2D eigenvalue weighted by Crippen LogP contribution is -2.49. The fourth-order valence-corrected chi connectivity index (χ4v) is 4.22. The summed E-state index contributed by atoms with van der Waals surface area (Å²) < 4.78 is 19.9. The minimum absolute atomic E-state index is 0.0364. The number of benzene rings is 2. The van der Waals surface area contributed by atoms with Gasteiger partial charge in [0, 0.05) is 12.6 Å². The van der Waals surface area contributed by atoms with Crippen LogP contribution >= 0.6 is 0 Å². The van der Waals surface area contributed by atoms with Crippen molar-refractivity contribution in [3.63, 3.8) is 0 Å². The second kappa shape index (κ2) is 6.77. The van der Waals surface area contributed by atoms with Gasteiger partial charge in [0.05, 0.1) is 6.04 Å². The molecule has 0 saturated carbocycles. The molecule has 2 aromatic carbocycles. The molecule has 132 valence electrons. The average molecular weight is 340 g/mol. The first kappa shape index (κ1) is 16.6. The van der Waals surface area contributed by atoms with Gasteiger partial charge in [0.2, 0.25) is 0 Å². The Morgan fingerprint density at radius 2 is 2.04 bits per heavy atom. The molecule has 1 heterocycles. The summed E-state index contributed by atoms with van der Waals surface area (Å²) >= 11 is 0. The Morgan fingerprint density at radius 3 is 2.84 bits per heavy atom. The van der Waals surface area contributed by atoms with Crippen molar-refractivity contribution in [3.8, 4) is 5.75 Å². The third kappa shape index (κ3) is 3.29. The summed E-state index contributed by atoms with van der Waals surface area (Å²) in [7, 11) is 0. The molecule has 4 rings (SSSR count). The van der Waals surface area contributed by atoms with Crippen molar-refractivity contribution in [1.82, 2.24) is 4.90 Å². The van der Waals surface area contributed by atoms with Crippen molar-refractivity contribution in [1.29, 1.82) is 0 Å². The second-order valence-electron chi connectivity index (χ2n) is 7.32. The first-order valence-electron chi connectivity index (χ1n) is 9.12. The van der Waals surface area contributed by atoms with Crippen LogP contribution in [0.4, 0.5) is 4.39 Å². The van der Waals surface area contributed by atoms with Gasteiger partial charge in [0.15, 0.2) is 0 Å². The molecule has 0 spiro atoms. The number of likely N-dealkylation sites (tertiary alicyclic amines) is 1. The van der Waals surface area contributed by atoms with Gasteiger partial charge in [-0.25, -0.2) is 4.39 Å². The van der Waals surface area contributed by atoms with Crippen molar-refractivity contribution in [2.24, 2.45) is 5.73 Å². The molecule has 0 unspecified atom stereocenters. The highest BCUT2D eigenvalue weighted by atomic mass is 19.1. The standard InChI is InChI=1S/C21H25FN2O/c1-14-11-16(22)8-9-20(14)25-21-18-7-3-2-5-15(18)12-19(21)24-10-4-6-17(23)13-24/h2-3,5,7-9,11,17,19,21H,4,6,10,12-13,23H2,1H3/t17-,19-,21-/m1/s1. The highest BCUT2D eigenvalue weighted by Crippen LogP contribution is 2.39. The van der Waals surface area contributed by atoms with Gasteiger partial charge in [-0.3, -0.25) is 4.90 Å². The molecule has 3 nitrogen and oxygen atoms in total. The van der Waals surface area contributed by atoms with Crippen molar-refractivity contribution in [2.45, 2.75) is 44.4 Å². The van der Waals surface area contributed by atoms with E-state index in [1.54, 1.807) is 6.07 Å². The maximum absolute atomic E-state index is 13.4. The highest BCUT2D eigenvalue weighted by Gasteiger charge is 2.39. The molecule has 0 bridgehead atoms. The number of halogens is 1. The number of hydrogen-bond donors (Lipinski definition) is 1. The lowest BCUT2D eigenvalue weighted by Gasteiger charge is -2.38. The van der Waals surface area contributed by atoms with Crippen LogP contribution < -0.4 is 10.5 Å². The minimum Gasteiger partial charge on any atom is -0.484 e. The van der Waals surface area contributed by atoms with E-state index in [9.17, 15) is 4.39 Å². The van der Waals surface area contributed by atoms with E-state index in [0.29, 0.717) is 0 Å². The molecule has 0 aromatic heterocycles. The van der Waals surface area contributed by atoms with E-state index in [-0.39, 0.29) is 24.0 Å². The number of nitrogens with zero attached hydrogens (tertiary/aromatic N) is 1. The van der Waals surface area contributed by atoms with Gasteiger partial charge in [-0.05, 0) is 67.6 Å². The summed E-state index contributed by atoms with van der Waals surface area (Å²) in [6.07, 6.45) is 3.17. The average Bonchev–Trinajstić information content (AvgIpc) is 2.96. The molecule has 1 saturated heterocycles. The number of ether oxygens (including phenoxy) is 1. The zero-order chi connectivity index (χ0) is 17.4. The van der Waals surface area contributed by atoms with Gasteiger partial charge >= 0.3 is 0 Å². The van der Waals surface area contributed by atoms with Crippen LogP contribution in [0.25, 0.3) is 0 Å². The molecular formula is C21H25FN2O. The van der Waals surface area contributed by atoms with Gasteiger partial charge in [-0.15, -0.1) is 0 Å². The summed E-state index contributed by atoms with van der Waals surface area (Å²) in [6, 6.07) is 13.8. The Morgan fingerprint density at radius 1 is 1.20 bits per heavy atom. The van der Waals surface area contributed by atoms with Gasteiger partial charge in [-0.1, -0.05) is 24.3 Å². The van der Waals surface area contributed by atoms with Crippen molar-refractivity contribution >= 4 is 0 Å². The number of piperidine rings is 1. The Kier molecular flexibility index (Phi) is 4.48. The largest absolute Gasteiger partial charge is 0.484 e. The summed E-state index contributed by atoms with van der Waals surface area (Å²) in [6.45, 7) is 3.88. The minimum atomic E-state index is -0.227. The number of nitrogens with two attached hydrogens (primary N) is 1. The fourth-order valence-electron chi connectivity index (χ4n) is 4.22. The van der Waals surface area contributed by atoms with Gasteiger partial charge in [-0.2, -0.15) is 0 Å². The molecule has 2 aliphatic rings. The second-order valence-corrected chi connectivity index (χ2v) is 7.32. The Labute approximate surface area is 148 Å². The van der Waals surface area contributed by atoms with Gasteiger partial charge < -0.3 is 10.5 Å². The Bertz CT molecular complexity index is 763. The first-order valence-corrected chi connectivity index (χ1v) is 9.12. The van der Waals surface area contributed by atoms with Crippen LogP contribution in [0.15, 0.2) is 42.5 Å². The molecule has 2 N–H and O–H groups in total. The molecule has 1 aliphatic heterocycles. The van der Waals surface area contributed by atoms with Crippen LogP contribution in [0.3, 0.4) is 0 Å². The smallest absolute Gasteiger partial charge is 0.140 e. The van der Waals surface area contributed by atoms with Crippen molar-refractivity contribution in [2.75, 3.05) is 13.1 Å². The summed E-state index contributed by atoms with van der Waals surface area (Å²) in [5.41, 5.74) is 9.63. The molecule has 1 fully saturated rings. The van der Waals surface area contributed by atoms with Crippen LogP contribution in [0, 0.1) is 12.7 Å². The lowest BCUT2D eigenvalue weighted by molar-refractivity contribution is 0.0589. The molecule has 0 amide bonds. The van der Waals surface area contributed by atoms with Crippen LogP contribution in [0.5, 0.6) is 5.75 Å². The Balaban J connectivity index is 1.65. The highest BCUT2D eigenvalue weighted by molar-refractivity contribution is 5.39. The molecule has 25 heavy (non-hydrogen) atoms. The zero-order valence-corrected chi connectivity index (χ0v) is 14.6.